The Balaban J connectivity index is 3.07. The van der Waals surface area contributed by atoms with E-state index in [9.17, 15) is 0 Å². The Bertz CT molecular complexity index is 275. The van der Waals surface area contributed by atoms with Crippen LogP contribution in [-0.2, 0) is 0 Å². The fourth-order valence-electron chi connectivity index (χ4n) is 0.961. The van der Waals surface area contributed by atoms with E-state index in [0.29, 0.717) is 0 Å². The van der Waals surface area contributed by atoms with Gasteiger partial charge < -0.3 is 11.1 Å². The molecule has 0 radical (unpaired) electrons. The molecule has 0 saturated heterocycles. The number of nitrogens with two attached hydrogens (primary N) is 1. The van der Waals surface area contributed by atoms with E-state index in [1.165, 1.54) is 0 Å². The molecular weight excluding hydrogens is 265 g/mol. The zero-order chi connectivity index (χ0) is 9.14. The van der Waals surface area contributed by atoms with Gasteiger partial charge in [-0.15, -0.1) is 0 Å². The summed E-state index contributed by atoms with van der Waals surface area (Å²) >= 11 is 2.18. The number of hydrogen-bond donors (Lipinski definition) is 2. The van der Waals surface area contributed by atoms with E-state index in [4.69, 9.17) is 5.73 Å². The molecule has 66 valence electrons. The van der Waals surface area contributed by atoms with E-state index in [1.807, 2.05) is 7.05 Å². The molecule has 0 fully saturated rings. The van der Waals surface area contributed by atoms with Crippen molar-refractivity contribution >= 4 is 28.3 Å². The summed E-state index contributed by atoms with van der Waals surface area (Å²) in [7, 11) is 1.91. The number of hydrogen-bond acceptors (Lipinski definition) is 3. The monoisotopic (exact) mass is 277 g/mol. The summed E-state index contributed by atoms with van der Waals surface area (Å²) in [5.41, 5.74) is 7.76. The summed E-state index contributed by atoms with van der Waals surface area (Å²) < 4.78 is 1.01. The summed E-state index contributed by atoms with van der Waals surface area (Å²) in [6, 6.07) is 0.257. The number of nitrogens with one attached hydrogen (secondary N) is 1. The van der Waals surface area contributed by atoms with Crippen LogP contribution in [0.2, 0.25) is 0 Å². The van der Waals surface area contributed by atoms with Crippen LogP contribution in [0.5, 0.6) is 0 Å². The molecule has 1 rings (SSSR count). The standard InChI is InChI=1S/C8H12IN3/c1-5(11-2)6-3-12-4-7(9)8(6)10/h3-5,11H,1-2H3,(H2,10,12). The lowest BCUT2D eigenvalue weighted by Crippen LogP contribution is -2.15. The van der Waals surface area contributed by atoms with E-state index in [-0.39, 0.29) is 6.04 Å². The van der Waals surface area contributed by atoms with Crippen LogP contribution < -0.4 is 11.1 Å². The highest BCUT2D eigenvalue weighted by Crippen LogP contribution is 2.22. The fourth-order valence-corrected chi connectivity index (χ4v) is 1.43. The minimum atomic E-state index is 0.257. The number of nitrogen functional groups attached to an aromatic ring is 1. The minimum absolute atomic E-state index is 0.257. The van der Waals surface area contributed by atoms with Gasteiger partial charge in [-0.25, -0.2) is 0 Å². The zero-order valence-electron chi connectivity index (χ0n) is 7.13. The van der Waals surface area contributed by atoms with Crippen molar-refractivity contribution in [2.45, 2.75) is 13.0 Å². The molecule has 4 heteroatoms. The molecule has 3 N–H and O–H groups in total. The highest BCUT2D eigenvalue weighted by molar-refractivity contribution is 14.1. The van der Waals surface area contributed by atoms with Gasteiger partial charge in [0.25, 0.3) is 0 Å². The fraction of sp³-hybridized carbons (Fsp3) is 0.375. The van der Waals surface area contributed by atoms with Gasteiger partial charge in [-0.3, -0.25) is 4.98 Å². The Labute approximate surface area is 85.9 Å². The van der Waals surface area contributed by atoms with E-state index in [2.05, 4.69) is 39.8 Å². The van der Waals surface area contributed by atoms with Gasteiger partial charge in [-0.1, -0.05) is 0 Å². The second-order valence-electron chi connectivity index (χ2n) is 2.63. The highest BCUT2D eigenvalue weighted by Gasteiger charge is 2.08. The topological polar surface area (TPSA) is 50.9 Å². The quantitative estimate of drug-likeness (QED) is 0.806. The third kappa shape index (κ3) is 1.87. The van der Waals surface area contributed by atoms with Crippen molar-refractivity contribution in [3.63, 3.8) is 0 Å². The second kappa shape index (κ2) is 4.04. The number of anilines is 1. The molecule has 0 aliphatic rings. The summed E-state index contributed by atoms with van der Waals surface area (Å²) in [6.07, 6.45) is 3.57. The third-order valence-electron chi connectivity index (χ3n) is 1.87. The lowest BCUT2D eigenvalue weighted by atomic mass is 10.1. The Morgan fingerprint density at radius 3 is 2.83 bits per heavy atom. The Morgan fingerprint density at radius 1 is 1.58 bits per heavy atom. The van der Waals surface area contributed by atoms with Gasteiger partial charge >= 0.3 is 0 Å². The molecule has 0 aromatic carbocycles. The van der Waals surface area contributed by atoms with Crippen molar-refractivity contribution in [2.75, 3.05) is 12.8 Å². The predicted molar refractivity (Wildman–Crippen MR) is 58.8 cm³/mol. The van der Waals surface area contributed by atoms with Crippen LogP contribution in [0.25, 0.3) is 0 Å². The lowest BCUT2D eigenvalue weighted by molar-refractivity contribution is 0.651. The van der Waals surface area contributed by atoms with Gasteiger partial charge in [0.05, 0.1) is 9.26 Å². The Kier molecular flexibility index (Phi) is 3.28. The smallest absolute Gasteiger partial charge is 0.0546 e. The zero-order valence-corrected chi connectivity index (χ0v) is 9.29. The first-order valence-corrected chi connectivity index (χ1v) is 4.80. The first-order valence-electron chi connectivity index (χ1n) is 3.73. The molecule has 0 bridgehead atoms. The highest BCUT2D eigenvalue weighted by atomic mass is 127. The third-order valence-corrected chi connectivity index (χ3v) is 2.73. The maximum atomic E-state index is 5.87. The molecule has 0 aliphatic heterocycles. The van der Waals surface area contributed by atoms with Crippen molar-refractivity contribution in [1.82, 2.24) is 10.3 Å². The van der Waals surface area contributed by atoms with Crippen LogP contribution in [-0.4, -0.2) is 12.0 Å². The number of pyridine rings is 1. The first kappa shape index (κ1) is 9.73. The molecule has 1 heterocycles. The maximum Gasteiger partial charge on any atom is 0.0546 e. The van der Waals surface area contributed by atoms with Gasteiger partial charge in [0.15, 0.2) is 0 Å². The van der Waals surface area contributed by atoms with Gasteiger partial charge in [0.2, 0.25) is 0 Å². The summed E-state index contributed by atoms with van der Waals surface area (Å²) in [5, 5.41) is 3.13. The van der Waals surface area contributed by atoms with Crippen molar-refractivity contribution in [3.8, 4) is 0 Å². The normalized spacial score (nSPS) is 12.9. The molecule has 1 atom stereocenters. The maximum absolute atomic E-state index is 5.87. The van der Waals surface area contributed by atoms with Crippen molar-refractivity contribution < 1.29 is 0 Å². The molecule has 12 heavy (non-hydrogen) atoms. The number of rotatable bonds is 2. The van der Waals surface area contributed by atoms with Crippen LogP contribution in [0.1, 0.15) is 18.5 Å². The van der Waals surface area contributed by atoms with Crippen LogP contribution >= 0.6 is 22.6 Å². The molecule has 3 nitrogen and oxygen atoms in total. The van der Waals surface area contributed by atoms with E-state index >= 15 is 0 Å². The average Bonchev–Trinajstić information content (AvgIpc) is 2.08. The van der Waals surface area contributed by atoms with Gasteiger partial charge in [-0.2, -0.15) is 0 Å². The number of halogens is 1. The molecule has 0 spiro atoms. The molecule has 1 aromatic heterocycles. The van der Waals surface area contributed by atoms with E-state index in [1.54, 1.807) is 12.4 Å². The molecule has 1 aromatic rings. The Hall–Kier alpha value is -0.360. The van der Waals surface area contributed by atoms with Crippen molar-refractivity contribution in [3.05, 3.63) is 21.5 Å². The van der Waals surface area contributed by atoms with Gasteiger partial charge in [0, 0.05) is 24.0 Å². The van der Waals surface area contributed by atoms with Gasteiger partial charge in [-0.05, 0) is 36.6 Å². The minimum Gasteiger partial charge on any atom is -0.398 e. The molecule has 0 amide bonds. The molecule has 0 aliphatic carbocycles. The Morgan fingerprint density at radius 2 is 2.25 bits per heavy atom. The van der Waals surface area contributed by atoms with E-state index < -0.39 is 0 Å². The van der Waals surface area contributed by atoms with Crippen molar-refractivity contribution in [1.29, 1.82) is 0 Å². The predicted octanol–water partition coefficient (Wildman–Crippen LogP) is 1.55. The number of aromatic nitrogens is 1. The SMILES string of the molecule is CNC(C)c1cncc(I)c1N. The summed E-state index contributed by atoms with van der Waals surface area (Å²) in [6.45, 7) is 2.06. The van der Waals surface area contributed by atoms with Crippen LogP contribution in [0.15, 0.2) is 12.4 Å². The summed E-state index contributed by atoms with van der Waals surface area (Å²) in [4.78, 5) is 4.09. The summed E-state index contributed by atoms with van der Waals surface area (Å²) in [5.74, 6) is 0. The van der Waals surface area contributed by atoms with E-state index in [0.717, 1.165) is 14.8 Å². The first-order chi connectivity index (χ1) is 5.66. The van der Waals surface area contributed by atoms with Crippen LogP contribution in [0.3, 0.4) is 0 Å². The second-order valence-corrected chi connectivity index (χ2v) is 3.80. The largest absolute Gasteiger partial charge is 0.398 e. The van der Waals surface area contributed by atoms with Crippen LogP contribution in [0.4, 0.5) is 5.69 Å². The van der Waals surface area contributed by atoms with Gasteiger partial charge in [0.1, 0.15) is 0 Å². The molecular formula is C8H12IN3. The molecule has 1 unspecified atom stereocenters. The van der Waals surface area contributed by atoms with Crippen LogP contribution in [0, 0.1) is 3.57 Å². The van der Waals surface area contributed by atoms with Crippen molar-refractivity contribution in [2.24, 2.45) is 0 Å². The number of nitrogens with zero attached hydrogens (tertiary/aromatic N) is 1. The average molecular weight is 277 g/mol. The molecule has 0 saturated carbocycles. The lowest BCUT2D eigenvalue weighted by Gasteiger charge is -2.13.